The number of para-hydroxylation sites is 2. The molecule has 5 heteroatoms. The molecule has 1 aliphatic rings. The maximum Gasteiger partial charge on any atom is 0.343 e. The van der Waals surface area contributed by atoms with E-state index in [0.717, 1.165) is 22.5 Å². The molecule has 1 amide bonds. The third-order valence-electron chi connectivity index (χ3n) is 6.83. The second kappa shape index (κ2) is 10.7. The molecule has 0 N–H and O–H groups in total. The predicted octanol–water partition coefficient (Wildman–Crippen LogP) is 7.27. The lowest BCUT2D eigenvalue weighted by Crippen LogP contribution is -2.49. The van der Waals surface area contributed by atoms with E-state index in [1.54, 1.807) is 36.4 Å². The molecule has 190 valence electrons. The summed E-state index contributed by atoms with van der Waals surface area (Å²) in [5.74, 6) is -0.0385. The van der Waals surface area contributed by atoms with Crippen LogP contribution in [0.25, 0.3) is 0 Å². The van der Waals surface area contributed by atoms with Crippen LogP contribution in [0.3, 0.4) is 0 Å². The molecular weight excluding hydrogens is 484 g/mol. The van der Waals surface area contributed by atoms with Crippen LogP contribution in [0.4, 0.5) is 11.4 Å². The van der Waals surface area contributed by atoms with Crippen molar-refractivity contribution in [1.29, 1.82) is 0 Å². The number of rotatable bonds is 6. The number of hydrogen-bond donors (Lipinski definition) is 0. The van der Waals surface area contributed by atoms with Crippen molar-refractivity contribution >= 4 is 23.3 Å². The zero-order valence-electron chi connectivity index (χ0n) is 21.2. The Bertz CT molecular complexity index is 1590. The van der Waals surface area contributed by atoms with Gasteiger partial charge >= 0.3 is 5.97 Å². The first-order valence-corrected chi connectivity index (χ1v) is 12.8. The van der Waals surface area contributed by atoms with Crippen LogP contribution in [-0.4, -0.2) is 11.9 Å². The van der Waals surface area contributed by atoms with Crippen LogP contribution >= 0.6 is 0 Å². The van der Waals surface area contributed by atoms with Gasteiger partial charge in [0.25, 0.3) is 5.91 Å². The molecule has 0 radical (unpaired) electrons. The van der Waals surface area contributed by atoms with E-state index in [0.29, 0.717) is 23.4 Å². The molecule has 0 fully saturated rings. The van der Waals surface area contributed by atoms with E-state index < -0.39 is 12.1 Å². The van der Waals surface area contributed by atoms with Gasteiger partial charge < -0.3 is 9.64 Å². The summed E-state index contributed by atoms with van der Waals surface area (Å²) in [6.07, 6.45) is -0.422. The number of carbonyl (C=O) groups excluding carboxylic acids is 2. The minimum Gasteiger partial charge on any atom is -0.423 e. The van der Waals surface area contributed by atoms with Crippen LogP contribution in [0, 0.1) is 0 Å². The van der Waals surface area contributed by atoms with Gasteiger partial charge in [0, 0.05) is 12.2 Å². The van der Waals surface area contributed by atoms with Crippen molar-refractivity contribution in [3.63, 3.8) is 0 Å². The molecule has 6 rings (SSSR count). The Hall–Kier alpha value is -5.16. The highest BCUT2D eigenvalue weighted by atomic mass is 16.5. The Balaban J connectivity index is 1.42. The summed E-state index contributed by atoms with van der Waals surface area (Å²) < 4.78 is 5.62. The van der Waals surface area contributed by atoms with Crippen molar-refractivity contribution < 1.29 is 14.3 Å². The van der Waals surface area contributed by atoms with Gasteiger partial charge in [0.05, 0.1) is 16.8 Å². The van der Waals surface area contributed by atoms with E-state index in [4.69, 9.17) is 4.74 Å². The molecule has 1 heterocycles. The Morgan fingerprint density at radius 1 is 0.667 bits per heavy atom. The Labute approximate surface area is 227 Å². The lowest BCUT2D eigenvalue weighted by atomic mass is 9.99. The number of amides is 1. The first kappa shape index (κ1) is 24.2. The maximum atomic E-state index is 14.0. The molecule has 0 saturated heterocycles. The fourth-order valence-electron chi connectivity index (χ4n) is 4.99. The van der Waals surface area contributed by atoms with Gasteiger partial charge in [-0.1, -0.05) is 91.0 Å². The fraction of sp³-hybridized carbons (Fsp3) is 0.0588. The van der Waals surface area contributed by atoms with Gasteiger partial charge in [0.1, 0.15) is 11.9 Å². The van der Waals surface area contributed by atoms with Gasteiger partial charge in [-0.05, 0) is 59.7 Å². The first-order chi connectivity index (χ1) is 19.2. The Morgan fingerprint density at radius 2 is 1.26 bits per heavy atom. The highest BCUT2D eigenvalue weighted by molar-refractivity contribution is 6.12. The molecule has 1 atom stereocenters. The van der Waals surface area contributed by atoms with Crippen molar-refractivity contribution in [3.05, 3.63) is 162 Å². The Kier molecular flexibility index (Phi) is 6.62. The van der Waals surface area contributed by atoms with Gasteiger partial charge in [0.15, 0.2) is 0 Å². The minimum atomic E-state index is -0.422. The quantitative estimate of drug-likeness (QED) is 0.178. The number of nitrogens with zero attached hydrogens (tertiary/aromatic N) is 2. The molecule has 0 spiro atoms. The van der Waals surface area contributed by atoms with Crippen molar-refractivity contribution in [2.75, 3.05) is 9.80 Å². The molecular formula is C34H26N2O3. The summed E-state index contributed by atoms with van der Waals surface area (Å²) in [5, 5.41) is 0. The second-order valence-corrected chi connectivity index (χ2v) is 9.34. The summed E-state index contributed by atoms with van der Waals surface area (Å²) >= 11 is 0. The molecule has 1 aliphatic heterocycles. The van der Waals surface area contributed by atoms with E-state index >= 15 is 0 Å². The number of carbonyl (C=O) groups is 2. The Morgan fingerprint density at radius 3 is 1.95 bits per heavy atom. The van der Waals surface area contributed by atoms with Crippen molar-refractivity contribution in [3.8, 4) is 5.75 Å². The molecule has 5 aromatic rings. The number of esters is 1. The number of anilines is 2. The smallest absolute Gasteiger partial charge is 0.343 e. The molecule has 0 unspecified atom stereocenters. The molecule has 0 saturated carbocycles. The van der Waals surface area contributed by atoms with Crippen molar-refractivity contribution in [2.45, 2.75) is 12.7 Å². The summed E-state index contributed by atoms with van der Waals surface area (Å²) in [4.78, 5) is 30.7. The van der Waals surface area contributed by atoms with Gasteiger partial charge in [0.2, 0.25) is 0 Å². The molecule has 5 nitrogen and oxygen atoms in total. The number of fused-ring (bicyclic) bond motifs is 1. The van der Waals surface area contributed by atoms with Gasteiger partial charge in [-0.2, -0.15) is 0 Å². The molecule has 5 aromatic carbocycles. The lowest BCUT2D eigenvalue weighted by molar-refractivity contribution is 0.0734. The number of benzene rings is 5. The maximum absolute atomic E-state index is 14.0. The minimum absolute atomic E-state index is 0.0642. The van der Waals surface area contributed by atoms with E-state index in [-0.39, 0.29) is 5.91 Å². The van der Waals surface area contributed by atoms with Crippen LogP contribution in [-0.2, 0) is 6.54 Å². The highest BCUT2D eigenvalue weighted by Crippen LogP contribution is 2.42. The zero-order valence-corrected chi connectivity index (χ0v) is 21.2. The first-order valence-electron chi connectivity index (χ1n) is 12.8. The van der Waals surface area contributed by atoms with Crippen LogP contribution < -0.4 is 14.5 Å². The molecule has 0 aromatic heterocycles. The van der Waals surface area contributed by atoms with E-state index in [1.807, 2.05) is 95.9 Å². The van der Waals surface area contributed by atoms with Crippen molar-refractivity contribution in [1.82, 2.24) is 0 Å². The standard InChI is InChI=1S/C34H26N2O3/c37-33-30-18-10-11-19-31(30)35(24-25-12-4-1-5-13-25)32(36(33)28-16-8-3-9-17-28)26-20-22-29(23-21-26)39-34(38)27-14-6-2-7-15-27/h1-23,32H,24H2/t32-/m1/s1. The summed E-state index contributed by atoms with van der Waals surface area (Å²) in [6, 6.07) is 44.0. The normalized spacial score (nSPS) is 14.6. The van der Waals surface area contributed by atoms with Crippen LogP contribution in [0.15, 0.2) is 140 Å². The predicted molar refractivity (Wildman–Crippen MR) is 153 cm³/mol. The third-order valence-corrected chi connectivity index (χ3v) is 6.83. The summed E-state index contributed by atoms with van der Waals surface area (Å²) in [7, 11) is 0. The average Bonchev–Trinajstić information content (AvgIpc) is 3.00. The van der Waals surface area contributed by atoms with E-state index in [2.05, 4.69) is 17.0 Å². The van der Waals surface area contributed by atoms with Crippen LogP contribution in [0.5, 0.6) is 5.75 Å². The largest absolute Gasteiger partial charge is 0.423 e. The van der Waals surface area contributed by atoms with Gasteiger partial charge in [-0.25, -0.2) is 4.79 Å². The number of ether oxygens (including phenoxy) is 1. The topological polar surface area (TPSA) is 49.9 Å². The van der Waals surface area contributed by atoms with Crippen molar-refractivity contribution in [2.24, 2.45) is 0 Å². The summed E-state index contributed by atoms with van der Waals surface area (Å²) in [6.45, 7) is 0.601. The molecule has 0 aliphatic carbocycles. The average molecular weight is 511 g/mol. The third kappa shape index (κ3) is 4.90. The van der Waals surface area contributed by atoms with Crippen LogP contribution in [0.2, 0.25) is 0 Å². The monoisotopic (exact) mass is 510 g/mol. The second-order valence-electron chi connectivity index (χ2n) is 9.34. The zero-order chi connectivity index (χ0) is 26.6. The van der Waals surface area contributed by atoms with Gasteiger partial charge in [-0.3, -0.25) is 9.69 Å². The fourth-order valence-corrected chi connectivity index (χ4v) is 4.99. The van der Waals surface area contributed by atoms with E-state index in [1.165, 1.54) is 0 Å². The SMILES string of the molecule is O=C(Oc1ccc([C@@H]2N(Cc3ccccc3)c3ccccc3C(=O)N2c2ccccc2)cc1)c1ccccc1. The highest BCUT2D eigenvalue weighted by Gasteiger charge is 2.39. The molecule has 0 bridgehead atoms. The van der Waals surface area contributed by atoms with E-state index in [9.17, 15) is 9.59 Å². The van der Waals surface area contributed by atoms with Crippen LogP contribution in [0.1, 0.15) is 38.0 Å². The molecule has 39 heavy (non-hydrogen) atoms. The lowest BCUT2D eigenvalue weighted by Gasteiger charge is -2.46. The van der Waals surface area contributed by atoms with Gasteiger partial charge in [-0.15, -0.1) is 0 Å². The number of hydrogen-bond acceptors (Lipinski definition) is 4. The summed E-state index contributed by atoms with van der Waals surface area (Å²) in [5.41, 5.74) is 4.86.